The van der Waals surface area contributed by atoms with Gasteiger partial charge in [0.05, 0.1) is 5.69 Å². The summed E-state index contributed by atoms with van der Waals surface area (Å²) in [5, 5.41) is 3.74. The molecule has 8 aromatic carbocycles. The Morgan fingerprint density at radius 2 is 0.900 bits per heavy atom. The Morgan fingerprint density at radius 1 is 0.360 bits per heavy atom. The first-order valence-electron chi connectivity index (χ1n) is 17.0. The lowest BCUT2D eigenvalue weighted by atomic mass is 9.88. The van der Waals surface area contributed by atoms with Crippen LogP contribution in [0.25, 0.3) is 64.7 Å². The summed E-state index contributed by atoms with van der Waals surface area (Å²) in [5.74, 6) is 0. The molecule has 1 aromatic heterocycles. The Kier molecular flexibility index (Phi) is 7.77. The number of anilines is 3. The number of nitrogens with zero attached hydrogens (tertiary/aromatic N) is 1. The van der Waals surface area contributed by atoms with Crippen molar-refractivity contribution in [1.82, 2.24) is 0 Å². The molecule has 2 heteroatoms. The molecule has 1 heterocycles. The molecule has 1 nitrogen and oxygen atoms in total. The molecule has 236 valence electrons. The summed E-state index contributed by atoms with van der Waals surface area (Å²) in [6.45, 7) is 0. The van der Waals surface area contributed by atoms with Crippen LogP contribution in [-0.4, -0.2) is 0 Å². The van der Waals surface area contributed by atoms with E-state index in [4.69, 9.17) is 0 Å². The minimum atomic E-state index is 1.10. The summed E-state index contributed by atoms with van der Waals surface area (Å²) in [5.41, 5.74) is 11.8. The van der Waals surface area contributed by atoms with Crippen LogP contribution in [0.15, 0.2) is 200 Å². The third kappa shape index (κ3) is 5.56. The van der Waals surface area contributed by atoms with Gasteiger partial charge in [-0.15, -0.1) is 11.3 Å². The van der Waals surface area contributed by atoms with E-state index in [1.54, 1.807) is 0 Å². The lowest BCUT2D eigenvalue weighted by Crippen LogP contribution is -2.12. The second-order valence-electron chi connectivity index (χ2n) is 12.5. The molecule has 9 rings (SSSR count). The zero-order valence-corrected chi connectivity index (χ0v) is 28.2. The van der Waals surface area contributed by atoms with Crippen molar-refractivity contribution in [2.24, 2.45) is 0 Å². The van der Waals surface area contributed by atoms with Crippen molar-refractivity contribution in [1.29, 1.82) is 0 Å². The summed E-state index contributed by atoms with van der Waals surface area (Å²) in [6.07, 6.45) is 0. The highest BCUT2D eigenvalue weighted by Crippen LogP contribution is 2.49. The fourth-order valence-electron chi connectivity index (χ4n) is 7.07. The zero-order chi connectivity index (χ0) is 33.3. The molecule has 0 N–H and O–H groups in total. The average Bonchev–Trinajstić information content (AvgIpc) is 3.64. The Labute approximate surface area is 297 Å². The quantitative estimate of drug-likeness (QED) is 0.165. The van der Waals surface area contributed by atoms with Crippen molar-refractivity contribution < 1.29 is 0 Å². The average molecular weight is 656 g/mol. The number of hydrogen-bond donors (Lipinski definition) is 0. The second kappa shape index (κ2) is 13.0. The van der Waals surface area contributed by atoms with Gasteiger partial charge in [0.2, 0.25) is 0 Å². The third-order valence-corrected chi connectivity index (χ3v) is 10.6. The van der Waals surface area contributed by atoms with E-state index in [1.807, 2.05) is 11.3 Å². The molecule has 0 aliphatic heterocycles. The van der Waals surface area contributed by atoms with E-state index in [0.29, 0.717) is 0 Å². The molecule has 0 unspecified atom stereocenters. The van der Waals surface area contributed by atoms with Gasteiger partial charge in [-0.3, -0.25) is 0 Å². The van der Waals surface area contributed by atoms with Gasteiger partial charge in [0.25, 0.3) is 0 Å². The molecule has 0 aliphatic rings. The largest absolute Gasteiger partial charge is 0.310 e. The van der Waals surface area contributed by atoms with Crippen molar-refractivity contribution in [2.45, 2.75) is 0 Å². The Balaban J connectivity index is 1.33. The van der Waals surface area contributed by atoms with Gasteiger partial charge in [-0.2, -0.15) is 0 Å². The molecule has 9 aromatic rings. The highest BCUT2D eigenvalue weighted by atomic mass is 32.1. The maximum atomic E-state index is 2.42. The molecule has 50 heavy (non-hydrogen) atoms. The normalized spacial score (nSPS) is 11.2. The Morgan fingerprint density at radius 3 is 1.58 bits per heavy atom. The van der Waals surface area contributed by atoms with Crippen LogP contribution < -0.4 is 4.90 Å². The minimum absolute atomic E-state index is 1.10. The number of rotatable bonds is 7. The lowest BCUT2D eigenvalue weighted by Gasteiger charge is -2.30. The minimum Gasteiger partial charge on any atom is -0.310 e. The fourth-order valence-corrected chi connectivity index (χ4v) is 8.13. The maximum Gasteiger partial charge on any atom is 0.0552 e. The molecule has 0 saturated carbocycles. The van der Waals surface area contributed by atoms with E-state index < -0.39 is 0 Å². The van der Waals surface area contributed by atoms with Gasteiger partial charge >= 0.3 is 0 Å². The first kappa shape index (κ1) is 29.9. The molecule has 0 amide bonds. The third-order valence-electron chi connectivity index (χ3n) is 9.46. The summed E-state index contributed by atoms with van der Waals surface area (Å²) in [4.78, 5) is 3.70. The van der Waals surface area contributed by atoms with Crippen molar-refractivity contribution in [2.75, 3.05) is 4.90 Å². The van der Waals surface area contributed by atoms with Crippen LogP contribution in [-0.2, 0) is 0 Å². The molecule has 0 fully saturated rings. The van der Waals surface area contributed by atoms with Crippen molar-refractivity contribution in [3.05, 3.63) is 200 Å². The number of benzene rings is 8. The maximum absolute atomic E-state index is 2.42. The number of para-hydroxylation sites is 1. The molecule has 0 spiro atoms. The second-order valence-corrected chi connectivity index (χ2v) is 13.6. The van der Waals surface area contributed by atoms with E-state index in [2.05, 4.69) is 205 Å². The lowest BCUT2D eigenvalue weighted by molar-refractivity contribution is 1.29. The topological polar surface area (TPSA) is 3.24 Å². The standard InChI is InChI=1S/C48H33NS/c1-5-15-34(16-6-1)35-25-28-41(29-26-35)49(40-22-11-4-12-23-40)45-33-43(36-17-7-2-8-18-36)44-31-39(47-32-38-21-13-14-24-46(38)50-47)27-30-42(44)48(45)37-19-9-3-10-20-37/h1-33H. The Hall–Kier alpha value is -6.22. The molecule has 0 radical (unpaired) electrons. The van der Waals surface area contributed by atoms with E-state index >= 15 is 0 Å². The first-order valence-corrected chi connectivity index (χ1v) is 17.8. The van der Waals surface area contributed by atoms with Crippen molar-refractivity contribution >= 4 is 49.3 Å². The van der Waals surface area contributed by atoms with Gasteiger partial charge in [-0.25, -0.2) is 0 Å². The van der Waals surface area contributed by atoms with Crippen LogP contribution in [0.3, 0.4) is 0 Å². The predicted octanol–water partition coefficient (Wildman–Crippen LogP) is 14.2. The van der Waals surface area contributed by atoms with Crippen LogP contribution in [0.1, 0.15) is 0 Å². The summed E-state index contributed by atoms with van der Waals surface area (Å²) < 4.78 is 1.31. The van der Waals surface area contributed by atoms with Gasteiger partial charge in [-0.1, -0.05) is 152 Å². The van der Waals surface area contributed by atoms with Gasteiger partial charge in [0.1, 0.15) is 0 Å². The molecular formula is C48H33NS. The summed E-state index contributed by atoms with van der Waals surface area (Å²) in [7, 11) is 0. The number of hydrogen-bond acceptors (Lipinski definition) is 2. The molecule has 0 saturated heterocycles. The highest BCUT2D eigenvalue weighted by Gasteiger charge is 2.23. The number of fused-ring (bicyclic) bond motifs is 2. The van der Waals surface area contributed by atoms with Gasteiger partial charge in [0.15, 0.2) is 0 Å². The molecule has 0 atom stereocenters. The zero-order valence-electron chi connectivity index (χ0n) is 27.4. The fraction of sp³-hybridized carbons (Fsp3) is 0. The Bertz CT molecular complexity index is 2520. The SMILES string of the molecule is c1ccc(-c2ccc(N(c3ccccc3)c3cc(-c4ccccc4)c4cc(-c5cc6ccccc6s5)ccc4c3-c3ccccc3)cc2)cc1. The van der Waals surface area contributed by atoms with Crippen LogP contribution in [0.4, 0.5) is 17.1 Å². The smallest absolute Gasteiger partial charge is 0.0552 e. The monoisotopic (exact) mass is 655 g/mol. The van der Waals surface area contributed by atoms with Crippen LogP contribution in [0, 0.1) is 0 Å². The van der Waals surface area contributed by atoms with E-state index in [-0.39, 0.29) is 0 Å². The van der Waals surface area contributed by atoms with E-state index in [9.17, 15) is 0 Å². The number of thiophene rings is 1. The summed E-state index contributed by atoms with van der Waals surface area (Å²) in [6, 6.07) is 72.4. The van der Waals surface area contributed by atoms with Crippen LogP contribution in [0.2, 0.25) is 0 Å². The summed E-state index contributed by atoms with van der Waals surface area (Å²) >= 11 is 1.86. The van der Waals surface area contributed by atoms with Gasteiger partial charge in [0, 0.05) is 26.5 Å². The van der Waals surface area contributed by atoms with Gasteiger partial charge in [-0.05, 0) is 98.1 Å². The van der Waals surface area contributed by atoms with Crippen molar-refractivity contribution in [3.63, 3.8) is 0 Å². The first-order chi connectivity index (χ1) is 24.8. The molecule has 0 bridgehead atoms. The van der Waals surface area contributed by atoms with Gasteiger partial charge < -0.3 is 4.90 Å². The van der Waals surface area contributed by atoms with Crippen molar-refractivity contribution in [3.8, 4) is 43.8 Å². The van der Waals surface area contributed by atoms with E-state index in [0.717, 1.165) is 17.1 Å². The molecule has 0 aliphatic carbocycles. The highest BCUT2D eigenvalue weighted by molar-refractivity contribution is 7.22. The predicted molar refractivity (Wildman–Crippen MR) is 216 cm³/mol. The van der Waals surface area contributed by atoms with Crippen LogP contribution in [0.5, 0.6) is 0 Å². The van der Waals surface area contributed by atoms with Crippen LogP contribution >= 0.6 is 11.3 Å². The molecular weight excluding hydrogens is 623 g/mol. The van der Waals surface area contributed by atoms with E-state index in [1.165, 1.54) is 64.7 Å².